The third-order valence-corrected chi connectivity index (χ3v) is 4.62. The van der Waals surface area contributed by atoms with Crippen LogP contribution in [0.4, 0.5) is 5.69 Å². The molecule has 0 saturated carbocycles. The topological polar surface area (TPSA) is 83.6 Å². The number of aryl methyl sites for hydroxylation is 2. The summed E-state index contributed by atoms with van der Waals surface area (Å²) in [7, 11) is -6.81. The summed E-state index contributed by atoms with van der Waals surface area (Å²) in [4.78, 5) is 0. The number of hydrogen-bond donors (Lipinski definition) is 1. The van der Waals surface area contributed by atoms with Crippen LogP contribution in [0, 0.1) is 13.8 Å². The van der Waals surface area contributed by atoms with Gasteiger partial charge in [-0.2, -0.15) is 0 Å². The van der Waals surface area contributed by atoms with E-state index in [0.717, 1.165) is 23.6 Å². The van der Waals surface area contributed by atoms with Gasteiger partial charge >= 0.3 is 0 Å². The van der Waals surface area contributed by atoms with E-state index in [2.05, 4.69) is 4.72 Å². The maximum Gasteiger partial charge on any atom is 0.232 e. The lowest BCUT2D eigenvalue weighted by Gasteiger charge is -2.24. The van der Waals surface area contributed by atoms with Crippen molar-refractivity contribution < 1.29 is 16.8 Å². The van der Waals surface area contributed by atoms with Gasteiger partial charge in [0.15, 0.2) is 0 Å². The lowest BCUT2D eigenvalue weighted by molar-refractivity contribution is 0.583. The molecule has 1 aromatic carbocycles. The zero-order valence-electron chi connectivity index (χ0n) is 12.0. The average molecular weight is 320 g/mol. The van der Waals surface area contributed by atoms with Gasteiger partial charge in [-0.1, -0.05) is 12.1 Å². The number of anilines is 1. The number of sulfonamides is 2. The fourth-order valence-electron chi connectivity index (χ4n) is 1.79. The lowest BCUT2D eigenvalue weighted by Crippen LogP contribution is -2.38. The Balaban J connectivity index is 3.05. The first-order valence-corrected chi connectivity index (χ1v) is 9.74. The molecule has 1 rings (SSSR count). The number of rotatable bonds is 6. The monoisotopic (exact) mass is 320 g/mol. The Bertz CT molecular complexity index is 681. The first-order valence-electron chi connectivity index (χ1n) is 6.00. The van der Waals surface area contributed by atoms with Gasteiger partial charge in [-0.15, -0.1) is 0 Å². The number of nitrogens with one attached hydrogen (secondary N) is 1. The molecule has 0 aliphatic carbocycles. The van der Waals surface area contributed by atoms with Crippen LogP contribution >= 0.6 is 0 Å². The quantitative estimate of drug-likeness (QED) is 0.833. The second kappa shape index (κ2) is 6.11. The normalized spacial score (nSPS) is 12.4. The molecule has 0 atom stereocenters. The lowest BCUT2D eigenvalue weighted by atomic mass is 10.1. The van der Waals surface area contributed by atoms with Gasteiger partial charge < -0.3 is 0 Å². The molecule has 0 aliphatic heterocycles. The largest absolute Gasteiger partial charge is 0.269 e. The Labute approximate surface area is 120 Å². The van der Waals surface area contributed by atoms with Crippen LogP contribution in [-0.4, -0.2) is 42.4 Å². The van der Waals surface area contributed by atoms with Crippen LogP contribution in [0.25, 0.3) is 0 Å². The van der Waals surface area contributed by atoms with E-state index >= 15 is 0 Å². The van der Waals surface area contributed by atoms with Crippen LogP contribution in [0.3, 0.4) is 0 Å². The molecule has 0 amide bonds. The first-order chi connectivity index (χ1) is 9.00. The van der Waals surface area contributed by atoms with E-state index in [1.807, 2.05) is 26.0 Å². The first kappa shape index (κ1) is 16.9. The van der Waals surface area contributed by atoms with Crippen molar-refractivity contribution in [1.29, 1.82) is 0 Å². The minimum absolute atomic E-state index is 0.0271. The van der Waals surface area contributed by atoms with Crippen molar-refractivity contribution in [3.8, 4) is 0 Å². The van der Waals surface area contributed by atoms with Crippen molar-refractivity contribution in [2.24, 2.45) is 0 Å². The van der Waals surface area contributed by atoms with Gasteiger partial charge in [0.1, 0.15) is 0 Å². The third-order valence-electron chi connectivity index (χ3n) is 2.71. The highest BCUT2D eigenvalue weighted by molar-refractivity contribution is 7.92. The predicted molar refractivity (Wildman–Crippen MR) is 81.0 cm³/mol. The van der Waals surface area contributed by atoms with Crippen molar-refractivity contribution >= 4 is 25.7 Å². The Kier molecular flexibility index (Phi) is 5.17. The van der Waals surface area contributed by atoms with E-state index < -0.39 is 20.0 Å². The Hall–Kier alpha value is -1.12. The molecule has 0 spiro atoms. The third kappa shape index (κ3) is 5.10. The Morgan fingerprint density at radius 3 is 2.20 bits per heavy atom. The second-order valence-electron chi connectivity index (χ2n) is 4.79. The number of hydrogen-bond acceptors (Lipinski definition) is 4. The highest BCUT2D eigenvalue weighted by Gasteiger charge is 2.19. The highest BCUT2D eigenvalue weighted by atomic mass is 32.2. The summed E-state index contributed by atoms with van der Waals surface area (Å²) in [5, 5.41) is 0. The molecule has 0 unspecified atom stereocenters. The molecule has 0 aliphatic rings. The molecule has 8 heteroatoms. The fraction of sp³-hybridized carbons (Fsp3) is 0.500. The van der Waals surface area contributed by atoms with Crippen LogP contribution in [0.2, 0.25) is 0 Å². The van der Waals surface area contributed by atoms with Crippen molar-refractivity contribution in [1.82, 2.24) is 4.72 Å². The molecule has 114 valence electrons. The molecular weight excluding hydrogens is 300 g/mol. The van der Waals surface area contributed by atoms with Crippen LogP contribution in [-0.2, 0) is 20.0 Å². The Morgan fingerprint density at radius 2 is 1.70 bits per heavy atom. The summed E-state index contributed by atoms with van der Waals surface area (Å²) in [6.07, 6.45) is 2.14. The SMILES string of the molecule is Cc1ccc(C)c(N(CCNS(C)(=O)=O)S(C)(=O)=O)c1. The number of benzene rings is 1. The summed E-state index contributed by atoms with van der Waals surface area (Å²) >= 11 is 0. The molecule has 0 aromatic heterocycles. The summed E-state index contributed by atoms with van der Waals surface area (Å²) in [5.74, 6) is 0. The van der Waals surface area contributed by atoms with Gasteiger partial charge in [0, 0.05) is 13.1 Å². The van der Waals surface area contributed by atoms with E-state index in [4.69, 9.17) is 0 Å². The van der Waals surface area contributed by atoms with E-state index in [-0.39, 0.29) is 13.1 Å². The highest BCUT2D eigenvalue weighted by Crippen LogP contribution is 2.23. The minimum atomic E-state index is -3.48. The van der Waals surface area contributed by atoms with Crippen LogP contribution in [0.5, 0.6) is 0 Å². The van der Waals surface area contributed by atoms with E-state index in [1.165, 1.54) is 4.31 Å². The standard InChI is InChI=1S/C12H20N2O4S2/c1-10-5-6-11(2)12(9-10)14(20(4,17)18)8-7-13-19(3,15)16/h5-6,9,13H,7-8H2,1-4H3. The summed E-state index contributed by atoms with van der Waals surface area (Å²) in [5.41, 5.74) is 2.33. The van der Waals surface area contributed by atoms with Gasteiger partial charge in [0.05, 0.1) is 18.2 Å². The van der Waals surface area contributed by atoms with Gasteiger partial charge in [-0.3, -0.25) is 4.31 Å². The molecule has 0 heterocycles. The Morgan fingerprint density at radius 1 is 1.10 bits per heavy atom. The molecule has 0 saturated heterocycles. The van der Waals surface area contributed by atoms with Gasteiger partial charge in [0.2, 0.25) is 20.0 Å². The van der Waals surface area contributed by atoms with Crippen molar-refractivity contribution in [2.45, 2.75) is 13.8 Å². The summed E-state index contributed by atoms with van der Waals surface area (Å²) < 4.78 is 49.4. The van der Waals surface area contributed by atoms with E-state index in [0.29, 0.717) is 5.69 Å². The van der Waals surface area contributed by atoms with E-state index in [1.54, 1.807) is 6.07 Å². The molecule has 20 heavy (non-hydrogen) atoms. The molecule has 1 N–H and O–H groups in total. The van der Waals surface area contributed by atoms with Crippen LogP contribution in [0.15, 0.2) is 18.2 Å². The van der Waals surface area contributed by atoms with Gasteiger partial charge in [-0.05, 0) is 31.0 Å². The fourth-order valence-corrected chi connectivity index (χ4v) is 3.22. The summed E-state index contributed by atoms with van der Waals surface area (Å²) in [6, 6.07) is 5.51. The predicted octanol–water partition coefficient (Wildman–Crippen LogP) is 0.619. The molecule has 6 nitrogen and oxygen atoms in total. The van der Waals surface area contributed by atoms with Crippen molar-refractivity contribution in [3.63, 3.8) is 0 Å². The number of nitrogens with zero attached hydrogens (tertiary/aromatic N) is 1. The zero-order chi connectivity index (χ0) is 15.6. The maximum atomic E-state index is 11.9. The van der Waals surface area contributed by atoms with E-state index in [9.17, 15) is 16.8 Å². The zero-order valence-corrected chi connectivity index (χ0v) is 13.7. The minimum Gasteiger partial charge on any atom is -0.269 e. The van der Waals surface area contributed by atoms with Crippen molar-refractivity contribution in [2.75, 3.05) is 29.9 Å². The van der Waals surface area contributed by atoms with Crippen LogP contribution < -0.4 is 9.03 Å². The molecule has 1 aromatic rings. The van der Waals surface area contributed by atoms with Gasteiger partial charge in [-0.25, -0.2) is 21.6 Å². The van der Waals surface area contributed by atoms with Crippen molar-refractivity contribution in [3.05, 3.63) is 29.3 Å². The summed E-state index contributed by atoms with van der Waals surface area (Å²) in [6.45, 7) is 3.77. The average Bonchev–Trinajstić information content (AvgIpc) is 2.25. The molecule has 0 fully saturated rings. The maximum absolute atomic E-state index is 11.9. The van der Waals surface area contributed by atoms with Gasteiger partial charge in [0.25, 0.3) is 0 Å². The molecule has 0 radical (unpaired) electrons. The molecular formula is C12H20N2O4S2. The van der Waals surface area contributed by atoms with Crippen LogP contribution in [0.1, 0.15) is 11.1 Å². The second-order valence-corrected chi connectivity index (χ2v) is 8.53. The smallest absolute Gasteiger partial charge is 0.232 e. The molecule has 0 bridgehead atoms.